The van der Waals surface area contributed by atoms with Gasteiger partial charge < -0.3 is 18.9 Å². The summed E-state index contributed by atoms with van der Waals surface area (Å²) in [5.41, 5.74) is 0.976. The minimum Gasteiger partial charge on any atom is -0.489 e. The van der Waals surface area contributed by atoms with Crippen LogP contribution in [0.25, 0.3) is 10.8 Å². The lowest BCUT2D eigenvalue weighted by molar-refractivity contribution is -0.145. The molecule has 0 bridgehead atoms. The van der Waals surface area contributed by atoms with Crippen molar-refractivity contribution in [1.82, 2.24) is 0 Å². The summed E-state index contributed by atoms with van der Waals surface area (Å²) >= 11 is 0. The third-order valence-electron chi connectivity index (χ3n) is 6.17. The summed E-state index contributed by atoms with van der Waals surface area (Å²) in [7, 11) is 0. The number of unbranched alkanes of at least 4 members (excludes halogenated alkanes) is 4. The number of esters is 2. The molecular weight excluding hydrogens is 468 g/mol. The van der Waals surface area contributed by atoms with Crippen LogP contribution < -0.4 is 9.47 Å². The molecule has 0 spiro atoms. The Labute approximate surface area is 221 Å². The molecule has 2 aromatic rings. The van der Waals surface area contributed by atoms with Crippen LogP contribution in [0.5, 0.6) is 11.5 Å². The van der Waals surface area contributed by atoms with E-state index in [9.17, 15) is 9.59 Å². The third kappa shape index (κ3) is 9.95. The van der Waals surface area contributed by atoms with Crippen LogP contribution in [0.3, 0.4) is 0 Å². The molecule has 0 aliphatic heterocycles. The molecule has 2 aromatic carbocycles. The molecule has 2 atom stereocenters. The molecule has 0 amide bonds. The van der Waals surface area contributed by atoms with Crippen LogP contribution in [0.1, 0.15) is 70.8 Å². The maximum absolute atomic E-state index is 11.8. The molecule has 2 rings (SSSR count). The van der Waals surface area contributed by atoms with E-state index in [1.807, 2.05) is 37.3 Å². The SMILES string of the molecule is C=CC(=O)OC(CCCCC)COc1cccc2c(OCC(CCCCC)OC(=O)C=C)c(C)ccc12. The number of carbonyl (C=O) groups excluding carboxylic acids is 2. The van der Waals surface area contributed by atoms with E-state index in [1.165, 1.54) is 12.2 Å². The second-order valence-corrected chi connectivity index (χ2v) is 9.20. The normalized spacial score (nSPS) is 12.4. The van der Waals surface area contributed by atoms with Crippen molar-refractivity contribution in [2.45, 2.75) is 84.3 Å². The highest BCUT2D eigenvalue weighted by Crippen LogP contribution is 2.35. The van der Waals surface area contributed by atoms with Gasteiger partial charge in [-0.1, -0.05) is 77.0 Å². The molecule has 0 saturated carbocycles. The molecule has 0 fully saturated rings. The minimum absolute atomic E-state index is 0.253. The molecule has 6 heteroatoms. The Morgan fingerprint density at radius 2 is 1.35 bits per heavy atom. The molecule has 2 unspecified atom stereocenters. The van der Waals surface area contributed by atoms with Gasteiger partial charge in [0.05, 0.1) is 0 Å². The number of carbonyl (C=O) groups is 2. The van der Waals surface area contributed by atoms with Crippen LogP contribution in [0.4, 0.5) is 0 Å². The van der Waals surface area contributed by atoms with Crippen LogP contribution in [0, 0.1) is 6.92 Å². The van der Waals surface area contributed by atoms with Gasteiger partial charge in [-0.05, 0) is 44.2 Å². The largest absolute Gasteiger partial charge is 0.489 e. The highest BCUT2D eigenvalue weighted by Gasteiger charge is 2.18. The molecule has 0 aliphatic rings. The number of ether oxygens (including phenoxy) is 4. The van der Waals surface area contributed by atoms with Gasteiger partial charge in [-0.3, -0.25) is 0 Å². The van der Waals surface area contributed by atoms with Gasteiger partial charge in [0.2, 0.25) is 0 Å². The van der Waals surface area contributed by atoms with Crippen molar-refractivity contribution in [2.75, 3.05) is 13.2 Å². The first-order chi connectivity index (χ1) is 17.9. The van der Waals surface area contributed by atoms with Gasteiger partial charge in [0.1, 0.15) is 36.9 Å². The van der Waals surface area contributed by atoms with E-state index in [-0.39, 0.29) is 25.4 Å². The van der Waals surface area contributed by atoms with Gasteiger partial charge in [-0.25, -0.2) is 9.59 Å². The standard InChI is InChI=1S/C31H42O6/c1-6-10-12-15-24(36-29(32)8-3)21-34-28-18-14-17-27-26(28)20-19-23(5)31(27)35-22-25(16-13-11-7-2)37-30(33)9-4/h8-9,14,17-20,24-25H,3-4,6-7,10-13,15-16,21-22H2,1-2,5H3. The Morgan fingerprint density at radius 1 is 0.784 bits per heavy atom. The van der Waals surface area contributed by atoms with Crippen molar-refractivity contribution in [3.8, 4) is 11.5 Å². The van der Waals surface area contributed by atoms with Crippen LogP contribution >= 0.6 is 0 Å². The van der Waals surface area contributed by atoms with E-state index in [2.05, 4.69) is 27.0 Å². The Hall–Kier alpha value is -3.28. The summed E-state index contributed by atoms with van der Waals surface area (Å²) < 4.78 is 23.5. The highest BCUT2D eigenvalue weighted by atomic mass is 16.6. The maximum atomic E-state index is 11.8. The van der Waals surface area contributed by atoms with Gasteiger partial charge in [0, 0.05) is 22.9 Å². The lowest BCUT2D eigenvalue weighted by Crippen LogP contribution is -2.25. The lowest BCUT2D eigenvalue weighted by atomic mass is 10.0. The molecule has 6 nitrogen and oxygen atoms in total. The summed E-state index contributed by atoms with van der Waals surface area (Å²) in [5.74, 6) is 0.534. The van der Waals surface area contributed by atoms with E-state index < -0.39 is 11.9 Å². The quantitative estimate of drug-likeness (QED) is 0.119. The fourth-order valence-corrected chi connectivity index (χ4v) is 4.11. The summed E-state index contributed by atoms with van der Waals surface area (Å²) in [4.78, 5) is 23.6. The van der Waals surface area contributed by atoms with Crippen LogP contribution in [-0.4, -0.2) is 37.4 Å². The zero-order valence-corrected chi connectivity index (χ0v) is 22.6. The van der Waals surface area contributed by atoms with E-state index in [1.54, 1.807) is 0 Å². The summed E-state index contributed by atoms with van der Waals surface area (Å²) in [5, 5.41) is 1.81. The predicted octanol–water partition coefficient (Wildman–Crippen LogP) is 7.26. The van der Waals surface area contributed by atoms with Crippen molar-refractivity contribution in [1.29, 1.82) is 0 Å². The summed E-state index contributed by atoms with van der Waals surface area (Å²) in [6.07, 6.45) is 9.33. The molecule has 0 heterocycles. The Bertz CT molecular complexity index is 1030. The number of hydrogen-bond acceptors (Lipinski definition) is 6. The van der Waals surface area contributed by atoms with Crippen molar-refractivity contribution >= 4 is 22.7 Å². The number of hydrogen-bond donors (Lipinski definition) is 0. The van der Waals surface area contributed by atoms with Crippen molar-refractivity contribution in [3.63, 3.8) is 0 Å². The van der Waals surface area contributed by atoms with E-state index >= 15 is 0 Å². The second kappa shape index (κ2) is 16.5. The van der Waals surface area contributed by atoms with Crippen LogP contribution in [-0.2, 0) is 19.1 Å². The Balaban J connectivity index is 2.20. The zero-order chi connectivity index (χ0) is 27.0. The molecular formula is C31H42O6. The third-order valence-corrected chi connectivity index (χ3v) is 6.17. The Morgan fingerprint density at radius 3 is 1.89 bits per heavy atom. The molecule has 37 heavy (non-hydrogen) atoms. The van der Waals surface area contributed by atoms with E-state index in [0.29, 0.717) is 5.75 Å². The van der Waals surface area contributed by atoms with Crippen molar-refractivity contribution in [2.24, 2.45) is 0 Å². The molecule has 0 aliphatic carbocycles. The number of benzene rings is 2. The monoisotopic (exact) mass is 510 g/mol. The van der Waals surface area contributed by atoms with Gasteiger partial charge in [0.25, 0.3) is 0 Å². The van der Waals surface area contributed by atoms with Crippen molar-refractivity contribution in [3.05, 3.63) is 61.2 Å². The minimum atomic E-state index is -0.444. The van der Waals surface area contributed by atoms with E-state index in [0.717, 1.165) is 73.5 Å². The number of aryl methyl sites for hydroxylation is 1. The molecule has 0 radical (unpaired) electrons. The molecule has 202 valence electrons. The average molecular weight is 511 g/mol. The van der Waals surface area contributed by atoms with E-state index in [4.69, 9.17) is 18.9 Å². The fraction of sp³-hybridized carbons (Fsp3) is 0.484. The average Bonchev–Trinajstić information content (AvgIpc) is 2.90. The maximum Gasteiger partial charge on any atom is 0.330 e. The van der Waals surface area contributed by atoms with Crippen LogP contribution in [0.2, 0.25) is 0 Å². The summed E-state index contributed by atoms with van der Waals surface area (Å²) in [6.45, 7) is 13.8. The van der Waals surface area contributed by atoms with Crippen molar-refractivity contribution < 1.29 is 28.5 Å². The number of rotatable bonds is 18. The topological polar surface area (TPSA) is 71.1 Å². The predicted molar refractivity (Wildman–Crippen MR) is 148 cm³/mol. The lowest BCUT2D eigenvalue weighted by Gasteiger charge is -2.21. The zero-order valence-electron chi connectivity index (χ0n) is 22.6. The second-order valence-electron chi connectivity index (χ2n) is 9.20. The summed E-state index contributed by atoms with van der Waals surface area (Å²) in [6, 6.07) is 9.80. The van der Waals surface area contributed by atoms with Gasteiger partial charge in [-0.2, -0.15) is 0 Å². The molecule has 0 aromatic heterocycles. The Kier molecular flexibility index (Phi) is 13.3. The first-order valence-corrected chi connectivity index (χ1v) is 13.4. The molecule has 0 N–H and O–H groups in total. The van der Waals surface area contributed by atoms with Gasteiger partial charge >= 0.3 is 11.9 Å². The van der Waals surface area contributed by atoms with Gasteiger partial charge in [0.15, 0.2) is 0 Å². The van der Waals surface area contributed by atoms with Gasteiger partial charge in [-0.15, -0.1) is 0 Å². The number of fused-ring (bicyclic) bond motifs is 1. The first kappa shape index (κ1) is 29.9. The smallest absolute Gasteiger partial charge is 0.330 e. The molecule has 0 saturated heterocycles. The first-order valence-electron chi connectivity index (χ1n) is 13.4. The highest BCUT2D eigenvalue weighted by molar-refractivity contribution is 5.94. The fourth-order valence-electron chi connectivity index (χ4n) is 4.11. The van der Waals surface area contributed by atoms with Crippen LogP contribution in [0.15, 0.2) is 55.6 Å².